The molecule has 1 N–H and O–H groups in total. The second-order valence-corrected chi connectivity index (χ2v) is 6.78. The Balaban J connectivity index is 1.41. The number of nitrogens with one attached hydrogen (secondary N) is 1. The van der Waals surface area contributed by atoms with E-state index in [0.717, 1.165) is 29.4 Å². The molecule has 0 atom stereocenters. The van der Waals surface area contributed by atoms with E-state index in [9.17, 15) is 4.79 Å². The Bertz CT molecular complexity index is 955. The molecule has 2 aromatic heterocycles. The number of imidazole rings is 1. The second-order valence-electron chi connectivity index (χ2n) is 6.78. The van der Waals surface area contributed by atoms with E-state index in [2.05, 4.69) is 20.0 Å². The number of hydrogen-bond acceptors (Lipinski definition) is 4. The monoisotopic (exact) mass is 365 g/mol. The number of amides is 1. The van der Waals surface area contributed by atoms with Gasteiger partial charge < -0.3 is 14.6 Å². The highest BCUT2D eigenvalue weighted by molar-refractivity contribution is 5.93. The molecular weight excluding hydrogens is 342 g/mol. The van der Waals surface area contributed by atoms with Crippen LogP contribution in [-0.4, -0.2) is 38.9 Å². The van der Waals surface area contributed by atoms with Crippen molar-refractivity contribution in [3.8, 4) is 17.0 Å². The molecule has 1 saturated carbocycles. The van der Waals surface area contributed by atoms with Gasteiger partial charge in [-0.25, -0.2) is 4.98 Å². The van der Waals surface area contributed by atoms with Crippen molar-refractivity contribution in [3.63, 3.8) is 0 Å². The van der Waals surface area contributed by atoms with Crippen molar-refractivity contribution in [2.75, 3.05) is 13.7 Å². The quantitative estimate of drug-likeness (QED) is 0.698. The van der Waals surface area contributed by atoms with Gasteiger partial charge in [-0.1, -0.05) is 12.1 Å². The summed E-state index contributed by atoms with van der Waals surface area (Å²) in [5.74, 6) is 2.35. The van der Waals surface area contributed by atoms with Crippen molar-refractivity contribution >= 4 is 5.91 Å². The number of methoxy groups -OCH3 is 1. The highest BCUT2D eigenvalue weighted by atomic mass is 16.5. The summed E-state index contributed by atoms with van der Waals surface area (Å²) in [6.07, 6.45) is 6.23. The van der Waals surface area contributed by atoms with Crippen LogP contribution in [0, 0.1) is 0 Å². The molecule has 4 rings (SSSR count). The number of ether oxygens (including phenoxy) is 1. The largest absolute Gasteiger partial charge is 0.497 e. The molecule has 140 valence electrons. The number of carbonyl (C=O) groups is 1. The minimum absolute atomic E-state index is 0.132. The zero-order valence-corrected chi connectivity index (χ0v) is 15.6. The van der Waals surface area contributed by atoms with Crippen LogP contribution in [0.1, 0.15) is 35.1 Å². The van der Waals surface area contributed by atoms with E-state index in [1.807, 2.05) is 36.7 Å². The van der Waals surface area contributed by atoms with Crippen molar-refractivity contribution in [2.24, 2.45) is 7.05 Å². The molecule has 0 radical (unpaired) electrons. The fourth-order valence-electron chi connectivity index (χ4n) is 3.19. The summed E-state index contributed by atoms with van der Waals surface area (Å²) in [6, 6.07) is 9.45. The molecule has 7 nitrogen and oxygen atoms in total. The molecule has 0 aliphatic heterocycles. The number of aryl methyl sites for hydroxylation is 1. The summed E-state index contributed by atoms with van der Waals surface area (Å²) in [7, 11) is 3.41. The average molecular weight is 365 g/mol. The van der Waals surface area contributed by atoms with Crippen LogP contribution in [0.15, 0.2) is 42.7 Å². The first kappa shape index (κ1) is 17.3. The molecule has 7 heteroatoms. The first-order chi connectivity index (χ1) is 13.2. The van der Waals surface area contributed by atoms with Gasteiger partial charge in [0.05, 0.1) is 12.8 Å². The highest BCUT2D eigenvalue weighted by Crippen LogP contribution is 2.38. The number of nitrogens with zero attached hydrogens (tertiary/aromatic N) is 4. The maximum atomic E-state index is 12.6. The smallest absolute Gasteiger partial charge is 0.269 e. The molecule has 1 aromatic carbocycles. The van der Waals surface area contributed by atoms with Gasteiger partial charge in [0.1, 0.15) is 17.3 Å². The molecule has 2 heterocycles. The van der Waals surface area contributed by atoms with Crippen LogP contribution >= 0.6 is 0 Å². The first-order valence-corrected chi connectivity index (χ1v) is 9.13. The molecule has 0 unspecified atom stereocenters. The van der Waals surface area contributed by atoms with Crippen molar-refractivity contribution in [1.82, 2.24) is 24.6 Å². The molecule has 0 spiro atoms. The van der Waals surface area contributed by atoms with Crippen LogP contribution in [0.5, 0.6) is 5.75 Å². The standard InChI is InChI=1S/C20H23N5O2/c1-24-18(13-17(23-24)15-4-3-5-16(12-15)27-2)20(26)22-9-11-25-10-8-21-19(25)14-6-7-14/h3-5,8,10,12-14H,6-7,9,11H2,1-2H3,(H,22,26). The summed E-state index contributed by atoms with van der Waals surface area (Å²) in [4.78, 5) is 17.0. The van der Waals surface area contributed by atoms with Gasteiger partial charge >= 0.3 is 0 Å². The second kappa shape index (κ2) is 7.26. The lowest BCUT2D eigenvalue weighted by Gasteiger charge is -2.08. The van der Waals surface area contributed by atoms with Crippen LogP contribution in [0.2, 0.25) is 0 Å². The van der Waals surface area contributed by atoms with E-state index < -0.39 is 0 Å². The van der Waals surface area contributed by atoms with Crippen molar-refractivity contribution in [2.45, 2.75) is 25.3 Å². The first-order valence-electron chi connectivity index (χ1n) is 9.13. The lowest BCUT2D eigenvalue weighted by molar-refractivity contribution is 0.0943. The van der Waals surface area contributed by atoms with Gasteiger partial charge in [-0.3, -0.25) is 9.48 Å². The van der Waals surface area contributed by atoms with Crippen molar-refractivity contribution < 1.29 is 9.53 Å². The van der Waals surface area contributed by atoms with Gasteiger partial charge in [0.2, 0.25) is 0 Å². The zero-order chi connectivity index (χ0) is 18.8. The lowest BCUT2D eigenvalue weighted by atomic mass is 10.1. The summed E-state index contributed by atoms with van der Waals surface area (Å²) in [5, 5.41) is 7.44. The third-order valence-electron chi connectivity index (χ3n) is 4.81. The fourth-order valence-corrected chi connectivity index (χ4v) is 3.19. The van der Waals surface area contributed by atoms with Gasteiger partial charge in [-0.05, 0) is 31.0 Å². The molecule has 1 amide bonds. The minimum atomic E-state index is -0.132. The molecule has 27 heavy (non-hydrogen) atoms. The molecule has 1 aliphatic carbocycles. The third kappa shape index (κ3) is 3.72. The predicted octanol–water partition coefficient (Wildman–Crippen LogP) is 2.60. The SMILES string of the molecule is COc1cccc(-c2cc(C(=O)NCCn3ccnc3C3CC3)n(C)n2)c1. The lowest BCUT2D eigenvalue weighted by Crippen LogP contribution is -2.29. The van der Waals surface area contributed by atoms with Gasteiger partial charge in [-0.15, -0.1) is 0 Å². The third-order valence-corrected chi connectivity index (χ3v) is 4.81. The zero-order valence-electron chi connectivity index (χ0n) is 15.6. The highest BCUT2D eigenvalue weighted by Gasteiger charge is 2.27. The fraction of sp³-hybridized carbons (Fsp3) is 0.350. The summed E-state index contributed by atoms with van der Waals surface area (Å²) < 4.78 is 8.99. The van der Waals surface area contributed by atoms with Crippen LogP contribution in [0.3, 0.4) is 0 Å². The Labute approximate surface area is 158 Å². The van der Waals surface area contributed by atoms with Crippen molar-refractivity contribution in [1.29, 1.82) is 0 Å². The van der Waals surface area contributed by atoms with Gasteiger partial charge in [0.15, 0.2) is 0 Å². The van der Waals surface area contributed by atoms with Crippen LogP contribution in [0.25, 0.3) is 11.3 Å². The molecule has 3 aromatic rings. The van der Waals surface area contributed by atoms with Gasteiger partial charge in [-0.2, -0.15) is 5.10 Å². The minimum Gasteiger partial charge on any atom is -0.497 e. The van der Waals surface area contributed by atoms with E-state index in [1.165, 1.54) is 12.8 Å². The molecule has 1 fully saturated rings. The Morgan fingerprint density at radius 2 is 2.19 bits per heavy atom. The van der Waals surface area contributed by atoms with E-state index >= 15 is 0 Å². The van der Waals surface area contributed by atoms with Gasteiger partial charge in [0.25, 0.3) is 5.91 Å². The molecular formula is C20H23N5O2. The van der Waals surface area contributed by atoms with E-state index in [4.69, 9.17) is 4.74 Å². The topological polar surface area (TPSA) is 74.0 Å². The number of carbonyl (C=O) groups excluding carboxylic acids is 1. The predicted molar refractivity (Wildman–Crippen MR) is 102 cm³/mol. The van der Waals surface area contributed by atoms with E-state index in [0.29, 0.717) is 18.2 Å². The Morgan fingerprint density at radius 1 is 1.33 bits per heavy atom. The molecule has 0 saturated heterocycles. The maximum absolute atomic E-state index is 12.6. The summed E-state index contributed by atoms with van der Waals surface area (Å²) in [5.41, 5.74) is 2.18. The summed E-state index contributed by atoms with van der Waals surface area (Å²) in [6.45, 7) is 1.27. The molecule has 1 aliphatic rings. The Morgan fingerprint density at radius 3 is 2.96 bits per heavy atom. The van der Waals surface area contributed by atoms with Gasteiger partial charge in [0, 0.05) is 44.0 Å². The maximum Gasteiger partial charge on any atom is 0.269 e. The number of benzene rings is 1. The average Bonchev–Trinajstić information content (AvgIpc) is 3.29. The molecule has 0 bridgehead atoms. The van der Waals surface area contributed by atoms with E-state index in [1.54, 1.807) is 24.9 Å². The van der Waals surface area contributed by atoms with Crippen molar-refractivity contribution in [3.05, 3.63) is 54.2 Å². The number of aromatic nitrogens is 4. The normalized spacial score (nSPS) is 13.6. The number of rotatable bonds is 7. The summed E-state index contributed by atoms with van der Waals surface area (Å²) >= 11 is 0. The van der Waals surface area contributed by atoms with Crippen LogP contribution < -0.4 is 10.1 Å². The van der Waals surface area contributed by atoms with Crippen LogP contribution in [0.4, 0.5) is 0 Å². The number of hydrogen-bond donors (Lipinski definition) is 1. The Kier molecular flexibility index (Phi) is 4.66. The Hall–Kier alpha value is -3.09. The van der Waals surface area contributed by atoms with E-state index in [-0.39, 0.29) is 5.91 Å². The van der Waals surface area contributed by atoms with Crippen LogP contribution in [-0.2, 0) is 13.6 Å².